The van der Waals surface area contributed by atoms with Crippen molar-refractivity contribution in [3.8, 4) is 0 Å². The molecule has 0 unspecified atom stereocenters. The molecule has 0 radical (unpaired) electrons. The van der Waals surface area contributed by atoms with Gasteiger partial charge in [-0.25, -0.2) is 0 Å². The number of benzene rings is 1. The van der Waals surface area contributed by atoms with Gasteiger partial charge in [-0.2, -0.15) is 0 Å². The molecule has 0 bridgehead atoms. The summed E-state index contributed by atoms with van der Waals surface area (Å²) in [7, 11) is 0. The van der Waals surface area contributed by atoms with E-state index >= 15 is 0 Å². The second-order valence-corrected chi connectivity index (χ2v) is 4.93. The Labute approximate surface area is 108 Å². The van der Waals surface area contributed by atoms with Gasteiger partial charge < -0.3 is 10.3 Å². The smallest absolute Gasteiger partial charge is 0.0405 e. The second-order valence-electron chi connectivity index (χ2n) is 4.93. The third-order valence-electron chi connectivity index (χ3n) is 3.71. The normalized spacial score (nSPS) is 19.7. The lowest BCUT2D eigenvalue weighted by atomic mass is 10.1. The Kier molecular flexibility index (Phi) is 3.17. The molecule has 0 saturated carbocycles. The molecule has 1 aliphatic rings. The van der Waals surface area contributed by atoms with Gasteiger partial charge in [-0.3, -0.25) is 4.90 Å². The van der Waals surface area contributed by atoms with E-state index in [-0.39, 0.29) is 0 Å². The van der Waals surface area contributed by atoms with Crippen molar-refractivity contribution < 1.29 is 0 Å². The van der Waals surface area contributed by atoms with Crippen molar-refractivity contribution in [2.45, 2.75) is 25.7 Å². The zero-order chi connectivity index (χ0) is 12.4. The third kappa shape index (κ3) is 2.19. The minimum Gasteiger partial charge on any atom is -0.349 e. The molecular weight excluding hydrogens is 222 g/mol. The number of hydrogen-bond acceptors (Lipinski definition) is 2. The van der Waals surface area contributed by atoms with Gasteiger partial charge in [0.15, 0.2) is 0 Å². The highest BCUT2D eigenvalue weighted by Gasteiger charge is 2.24. The first-order chi connectivity index (χ1) is 8.86. The fourth-order valence-corrected chi connectivity index (χ4v) is 2.68. The van der Waals surface area contributed by atoms with Crippen molar-refractivity contribution >= 4 is 0 Å². The van der Waals surface area contributed by atoms with Gasteiger partial charge in [0.2, 0.25) is 0 Å². The Morgan fingerprint density at radius 3 is 2.72 bits per heavy atom. The molecule has 0 amide bonds. The molecule has 0 saturated heterocycles. The fraction of sp³-hybridized carbons (Fsp3) is 0.333. The number of hydrogen-bond donors (Lipinski definition) is 1. The van der Waals surface area contributed by atoms with Crippen LogP contribution < -0.4 is 5.73 Å². The van der Waals surface area contributed by atoms with Gasteiger partial charge in [-0.05, 0) is 17.7 Å². The van der Waals surface area contributed by atoms with Crippen LogP contribution in [0.4, 0.5) is 0 Å². The Hall–Kier alpha value is -1.58. The van der Waals surface area contributed by atoms with E-state index in [1.807, 2.05) is 0 Å². The molecule has 1 atom stereocenters. The van der Waals surface area contributed by atoms with Crippen molar-refractivity contribution in [2.75, 3.05) is 6.54 Å². The lowest BCUT2D eigenvalue weighted by Crippen LogP contribution is -2.46. The van der Waals surface area contributed by atoms with Crippen LogP contribution in [0.2, 0.25) is 0 Å². The molecule has 1 aliphatic heterocycles. The van der Waals surface area contributed by atoms with Gasteiger partial charge in [0, 0.05) is 44.1 Å². The number of nitrogens with two attached hydrogens (primary N) is 1. The van der Waals surface area contributed by atoms with E-state index in [0.717, 1.165) is 19.6 Å². The molecule has 0 aliphatic carbocycles. The first kappa shape index (κ1) is 11.5. The topological polar surface area (TPSA) is 34.2 Å². The average Bonchev–Trinajstić information content (AvgIpc) is 2.86. The Morgan fingerprint density at radius 1 is 1.11 bits per heavy atom. The Bertz CT molecular complexity index is 503. The SMILES string of the molecule is NC[C@H]1Cn2cccc2CN1Cc1ccccc1. The predicted octanol–water partition coefficient (Wildman–Crippen LogP) is 1.83. The van der Waals surface area contributed by atoms with E-state index in [2.05, 4.69) is 58.1 Å². The van der Waals surface area contributed by atoms with E-state index in [1.165, 1.54) is 11.3 Å². The van der Waals surface area contributed by atoms with E-state index in [0.29, 0.717) is 12.6 Å². The molecule has 3 rings (SSSR count). The molecule has 2 N–H and O–H groups in total. The van der Waals surface area contributed by atoms with Crippen LogP contribution in [-0.4, -0.2) is 22.1 Å². The first-order valence-electron chi connectivity index (χ1n) is 6.49. The monoisotopic (exact) mass is 241 g/mol. The molecular formula is C15H19N3. The van der Waals surface area contributed by atoms with Gasteiger partial charge in [0.25, 0.3) is 0 Å². The lowest BCUT2D eigenvalue weighted by molar-refractivity contribution is 0.136. The minimum absolute atomic E-state index is 0.435. The quantitative estimate of drug-likeness (QED) is 0.889. The van der Waals surface area contributed by atoms with E-state index in [1.54, 1.807) is 0 Å². The van der Waals surface area contributed by atoms with Gasteiger partial charge >= 0.3 is 0 Å². The molecule has 3 nitrogen and oxygen atoms in total. The highest BCUT2D eigenvalue weighted by Crippen LogP contribution is 2.20. The highest BCUT2D eigenvalue weighted by atomic mass is 15.2. The Balaban J connectivity index is 1.79. The van der Waals surface area contributed by atoms with Crippen molar-refractivity contribution in [3.63, 3.8) is 0 Å². The zero-order valence-electron chi connectivity index (χ0n) is 10.5. The number of rotatable bonds is 3. The van der Waals surface area contributed by atoms with Crippen LogP contribution in [0.5, 0.6) is 0 Å². The van der Waals surface area contributed by atoms with Gasteiger partial charge in [-0.15, -0.1) is 0 Å². The summed E-state index contributed by atoms with van der Waals surface area (Å²) in [4.78, 5) is 2.48. The maximum absolute atomic E-state index is 5.92. The summed E-state index contributed by atoms with van der Waals surface area (Å²) in [6.07, 6.45) is 2.15. The summed E-state index contributed by atoms with van der Waals surface area (Å²) >= 11 is 0. The van der Waals surface area contributed by atoms with Crippen LogP contribution in [-0.2, 0) is 19.6 Å². The standard InChI is InChI=1S/C15H19N3/c16-9-15-12-17-8-4-7-14(17)11-18(15)10-13-5-2-1-3-6-13/h1-8,15H,9-12,16H2/t15-/m0/s1. The second kappa shape index (κ2) is 4.96. The minimum atomic E-state index is 0.435. The molecule has 94 valence electrons. The fourth-order valence-electron chi connectivity index (χ4n) is 2.68. The molecule has 2 heterocycles. The average molecular weight is 241 g/mol. The third-order valence-corrected chi connectivity index (χ3v) is 3.71. The summed E-state index contributed by atoms with van der Waals surface area (Å²) in [5.74, 6) is 0. The van der Waals surface area contributed by atoms with Crippen LogP contribution in [0.3, 0.4) is 0 Å². The first-order valence-corrected chi connectivity index (χ1v) is 6.49. The van der Waals surface area contributed by atoms with E-state index < -0.39 is 0 Å². The van der Waals surface area contributed by atoms with Crippen LogP contribution in [0.25, 0.3) is 0 Å². The van der Waals surface area contributed by atoms with Crippen LogP contribution in [0.15, 0.2) is 48.7 Å². The summed E-state index contributed by atoms with van der Waals surface area (Å²) in [5.41, 5.74) is 8.66. The van der Waals surface area contributed by atoms with Gasteiger partial charge in [-0.1, -0.05) is 30.3 Å². The number of nitrogens with zero attached hydrogens (tertiary/aromatic N) is 2. The Morgan fingerprint density at radius 2 is 1.94 bits per heavy atom. The van der Waals surface area contributed by atoms with Crippen LogP contribution in [0, 0.1) is 0 Å². The largest absolute Gasteiger partial charge is 0.349 e. The van der Waals surface area contributed by atoms with Crippen LogP contribution in [0.1, 0.15) is 11.3 Å². The number of fused-ring (bicyclic) bond motifs is 1. The lowest BCUT2D eigenvalue weighted by Gasteiger charge is -2.36. The maximum Gasteiger partial charge on any atom is 0.0405 e. The molecule has 0 fully saturated rings. The van der Waals surface area contributed by atoms with Crippen molar-refractivity contribution in [3.05, 3.63) is 59.9 Å². The van der Waals surface area contributed by atoms with E-state index in [9.17, 15) is 0 Å². The highest BCUT2D eigenvalue weighted by molar-refractivity contribution is 5.16. The maximum atomic E-state index is 5.92. The summed E-state index contributed by atoms with van der Waals surface area (Å²) in [6, 6.07) is 15.4. The van der Waals surface area contributed by atoms with Gasteiger partial charge in [0.1, 0.15) is 0 Å². The zero-order valence-corrected chi connectivity index (χ0v) is 10.5. The molecule has 1 aromatic heterocycles. The van der Waals surface area contributed by atoms with Crippen molar-refractivity contribution in [1.29, 1.82) is 0 Å². The van der Waals surface area contributed by atoms with Crippen molar-refractivity contribution in [2.24, 2.45) is 5.73 Å². The summed E-state index contributed by atoms with van der Waals surface area (Å²) in [5, 5.41) is 0. The van der Waals surface area contributed by atoms with E-state index in [4.69, 9.17) is 5.73 Å². The molecule has 2 aromatic rings. The predicted molar refractivity (Wildman–Crippen MR) is 73.0 cm³/mol. The summed E-state index contributed by atoms with van der Waals surface area (Å²) < 4.78 is 2.32. The van der Waals surface area contributed by atoms with Crippen molar-refractivity contribution in [1.82, 2.24) is 9.47 Å². The molecule has 3 heteroatoms. The number of aromatic nitrogens is 1. The molecule has 1 aromatic carbocycles. The molecule has 0 spiro atoms. The van der Waals surface area contributed by atoms with Crippen LogP contribution >= 0.6 is 0 Å². The summed E-state index contributed by atoms with van der Waals surface area (Å²) in [6.45, 7) is 3.69. The molecule has 18 heavy (non-hydrogen) atoms. The van der Waals surface area contributed by atoms with Gasteiger partial charge in [0.05, 0.1) is 0 Å².